The Balaban J connectivity index is 0.00000320. The van der Waals surface area contributed by atoms with Crippen molar-refractivity contribution in [1.82, 2.24) is 25.4 Å². The summed E-state index contributed by atoms with van der Waals surface area (Å²) < 4.78 is 45.6. The molecule has 3 rings (SSSR count). The highest BCUT2D eigenvalue weighted by Gasteiger charge is 2.30. The molecule has 30 heavy (non-hydrogen) atoms. The second-order valence-electron chi connectivity index (χ2n) is 6.27. The molecular formula is C19H22F3IN6O. The van der Waals surface area contributed by atoms with Crippen LogP contribution >= 0.6 is 24.0 Å². The number of aryl methyl sites for hydroxylation is 1. The van der Waals surface area contributed by atoms with Gasteiger partial charge >= 0.3 is 6.18 Å². The van der Waals surface area contributed by atoms with Crippen LogP contribution in [0.5, 0.6) is 0 Å². The van der Waals surface area contributed by atoms with Gasteiger partial charge in [-0.25, -0.2) is 9.98 Å². The molecule has 1 aromatic carbocycles. The second kappa shape index (κ2) is 11.0. The number of guanidine groups is 1. The van der Waals surface area contributed by atoms with Crippen molar-refractivity contribution in [3.05, 3.63) is 71.7 Å². The number of furan rings is 1. The van der Waals surface area contributed by atoms with Crippen LogP contribution < -0.4 is 10.6 Å². The fourth-order valence-corrected chi connectivity index (χ4v) is 2.59. The molecular weight excluding hydrogens is 512 g/mol. The molecule has 0 unspecified atom stereocenters. The number of hydrogen-bond acceptors (Lipinski definition) is 4. The van der Waals surface area contributed by atoms with Gasteiger partial charge in [0.15, 0.2) is 5.96 Å². The number of nitrogens with one attached hydrogen (secondary N) is 2. The Labute approximate surface area is 188 Å². The lowest BCUT2D eigenvalue weighted by molar-refractivity contribution is -0.137. The molecule has 7 nitrogen and oxygen atoms in total. The molecule has 0 bridgehead atoms. The summed E-state index contributed by atoms with van der Waals surface area (Å²) in [5.74, 6) is 1.98. The first-order valence-electron chi connectivity index (χ1n) is 8.95. The molecule has 0 saturated heterocycles. The number of nitrogens with zero attached hydrogens (tertiary/aromatic N) is 4. The largest absolute Gasteiger partial charge is 0.469 e. The lowest BCUT2D eigenvalue weighted by Gasteiger charge is -2.12. The number of aliphatic imine (C=N–C) groups is 1. The molecule has 0 amide bonds. The Bertz CT molecular complexity index is 940. The number of alkyl halides is 3. The number of hydrogen-bond donors (Lipinski definition) is 2. The summed E-state index contributed by atoms with van der Waals surface area (Å²) >= 11 is 0. The molecule has 2 N–H and O–H groups in total. The van der Waals surface area contributed by atoms with Gasteiger partial charge in [0, 0.05) is 20.0 Å². The highest BCUT2D eigenvalue weighted by Crippen LogP contribution is 2.29. The number of rotatable bonds is 7. The second-order valence-corrected chi connectivity index (χ2v) is 6.27. The molecule has 11 heteroatoms. The maximum absolute atomic E-state index is 12.9. The molecule has 3 aromatic rings. The zero-order chi connectivity index (χ0) is 20.7. The maximum Gasteiger partial charge on any atom is 0.416 e. The summed E-state index contributed by atoms with van der Waals surface area (Å²) in [6, 6.07) is 8.82. The molecule has 0 saturated carbocycles. The molecule has 0 aliphatic heterocycles. The van der Waals surface area contributed by atoms with E-state index in [0.717, 1.165) is 17.9 Å². The Morgan fingerprint density at radius 3 is 2.70 bits per heavy atom. The van der Waals surface area contributed by atoms with Gasteiger partial charge in [-0.1, -0.05) is 12.1 Å². The van der Waals surface area contributed by atoms with Gasteiger partial charge in [-0.2, -0.15) is 18.3 Å². The Morgan fingerprint density at radius 1 is 1.20 bits per heavy atom. The first kappa shape index (κ1) is 23.7. The Morgan fingerprint density at radius 2 is 2.03 bits per heavy atom. The lowest BCUT2D eigenvalue weighted by Crippen LogP contribution is -2.38. The van der Waals surface area contributed by atoms with Crippen LogP contribution in [0.25, 0.3) is 0 Å². The van der Waals surface area contributed by atoms with E-state index >= 15 is 0 Å². The van der Waals surface area contributed by atoms with Gasteiger partial charge in [0.1, 0.15) is 17.9 Å². The summed E-state index contributed by atoms with van der Waals surface area (Å²) in [5.41, 5.74) is -0.227. The minimum absolute atomic E-state index is 0. The summed E-state index contributed by atoms with van der Waals surface area (Å²) in [4.78, 5) is 8.54. The molecule has 0 radical (unpaired) electrons. The van der Waals surface area contributed by atoms with E-state index < -0.39 is 11.7 Å². The monoisotopic (exact) mass is 534 g/mol. The average molecular weight is 534 g/mol. The smallest absolute Gasteiger partial charge is 0.416 e. The minimum Gasteiger partial charge on any atom is -0.469 e. The van der Waals surface area contributed by atoms with Crippen molar-refractivity contribution in [2.45, 2.75) is 25.7 Å². The van der Waals surface area contributed by atoms with Crippen molar-refractivity contribution in [3.63, 3.8) is 0 Å². The third-order valence-corrected chi connectivity index (χ3v) is 4.14. The van der Waals surface area contributed by atoms with E-state index in [-0.39, 0.29) is 30.5 Å². The zero-order valence-electron chi connectivity index (χ0n) is 16.2. The summed E-state index contributed by atoms with van der Waals surface area (Å²) in [6.45, 7) is 1.01. The summed E-state index contributed by atoms with van der Waals surface area (Å²) in [6.07, 6.45) is -0.695. The van der Waals surface area contributed by atoms with Gasteiger partial charge in [0.2, 0.25) is 0 Å². The standard InChI is InChI=1S/C19H21F3N6O.HI/c1-28-17(26-13-27-28)12-25-18(23-8-7-16-6-3-9-29-16)24-11-14-4-2-5-15(10-14)19(20,21)22;/h2-6,9-10,13H,7-8,11-12H2,1H3,(H2,23,24,25);1H. The molecule has 2 aromatic heterocycles. The fraction of sp³-hybridized carbons (Fsp3) is 0.316. The molecule has 162 valence electrons. The first-order valence-corrected chi connectivity index (χ1v) is 8.95. The van der Waals surface area contributed by atoms with E-state index in [0.29, 0.717) is 36.9 Å². The first-order chi connectivity index (χ1) is 13.9. The van der Waals surface area contributed by atoms with Crippen LogP contribution in [0.15, 0.2) is 58.4 Å². The number of benzene rings is 1. The highest BCUT2D eigenvalue weighted by atomic mass is 127. The molecule has 0 aliphatic rings. The molecule has 0 spiro atoms. The predicted octanol–water partition coefficient (Wildman–Crippen LogP) is 3.52. The van der Waals surface area contributed by atoms with Crippen LogP contribution in [0.3, 0.4) is 0 Å². The van der Waals surface area contributed by atoms with E-state index in [9.17, 15) is 13.2 Å². The van der Waals surface area contributed by atoms with Gasteiger partial charge in [0.25, 0.3) is 0 Å². The van der Waals surface area contributed by atoms with E-state index in [1.54, 1.807) is 24.1 Å². The van der Waals surface area contributed by atoms with Crippen LogP contribution in [0.2, 0.25) is 0 Å². The SMILES string of the molecule is Cn1ncnc1CNC(=NCc1cccc(C(F)(F)F)c1)NCCc1ccco1.I. The molecule has 0 fully saturated rings. The van der Waals surface area contributed by atoms with Crippen molar-refractivity contribution in [1.29, 1.82) is 0 Å². The fourth-order valence-electron chi connectivity index (χ4n) is 2.59. The van der Waals surface area contributed by atoms with Crippen molar-refractivity contribution < 1.29 is 17.6 Å². The average Bonchev–Trinajstić information content (AvgIpc) is 3.35. The third-order valence-electron chi connectivity index (χ3n) is 4.14. The molecule has 0 aliphatic carbocycles. The quantitative estimate of drug-likeness (QED) is 0.276. The van der Waals surface area contributed by atoms with Crippen molar-refractivity contribution in [2.24, 2.45) is 12.0 Å². The molecule has 0 atom stereocenters. The van der Waals surface area contributed by atoms with Gasteiger partial charge in [-0.3, -0.25) is 4.68 Å². The maximum atomic E-state index is 12.9. The van der Waals surface area contributed by atoms with Gasteiger partial charge in [-0.15, -0.1) is 24.0 Å². The number of halogens is 4. The van der Waals surface area contributed by atoms with E-state index in [2.05, 4.69) is 25.7 Å². The van der Waals surface area contributed by atoms with Crippen molar-refractivity contribution in [2.75, 3.05) is 6.54 Å². The van der Waals surface area contributed by atoms with Crippen LogP contribution in [0.1, 0.15) is 22.7 Å². The number of aromatic nitrogens is 3. The van der Waals surface area contributed by atoms with Crippen LogP contribution in [-0.2, 0) is 32.7 Å². The normalized spacial score (nSPS) is 11.8. The van der Waals surface area contributed by atoms with Crippen LogP contribution in [0, 0.1) is 0 Å². The van der Waals surface area contributed by atoms with Gasteiger partial charge < -0.3 is 15.1 Å². The predicted molar refractivity (Wildman–Crippen MR) is 116 cm³/mol. The van der Waals surface area contributed by atoms with E-state index in [1.807, 2.05) is 12.1 Å². The van der Waals surface area contributed by atoms with Crippen molar-refractivity contribution >= 4 is 29.9 Å². The van der Waals surface area contributed by atoms with E-state index in [4.69, 9.17) is 4.42 Å². The van der Waals surface area contributed by atoms with Crippen molar-refractivity contribution in [3.8, 4) is 0 Å². The molecule has 2 heterocycles. The summed E-state index contributed by atoms with van der Waals surface area (Å²) in [7, 11) is 1.77. The summed E-state index contributed by atoms with van der Waals surface area (Å²) in [5, 5.41) is 10.3. The minimum atomic E-state index is -4.38. The van der Waals surface area contributed by atoms with Crippen LogP contribution in [-0.4, -0.2) is 27.3 Å². The van der Waals surface area contributed by atoms with Gasteiger partial charge in [0.05, 0.1) is 24.9 Å². The zero-order valence-corrected chi connectivity index (χ0v) is 18.5. The highest BCUT2D eigenvalue weighted by molar-refractivity contribution is 14.0. The van der Waals surface area contributed by atoms with E-state index in [1.165, 1.54) is 12.4 Å². The third kappa shape index (κ3) is 7.04. The van der Waals surface area contributed by atoms with Gasteiger partial charge in [-0.05, 0) is 29.8 Å². The Hall–Kier alpha value is -2.57. The topological polar surface area (TPSA) is 80.3 Å². The Kier molecular flexibility index (Phi) is 8.69. The lowest BCUT2D eigenvalue weighted by atomic mass is 10.1. The van der Waals surface area contributed by atoms with Crippen LogP contribution in [0.4, 0.5) is 13.2 Å².